The summed E-state index contributed by atoms with van der Waals surface area (Å²) in [5.74, 6) is 0.410. The van der Waals surface area contributed by atoms with Crippen molar-refractivity contribution in [1.82, 2.24) is 14.7 Å². The number of benzene rings is 1. The lowest BCUT2D eigenvalue weighted by atomic mass is 9.90. The monoisotopic (exact) mass is 340 g/mol. The molecule has 1 aliphatic carbocycles. The second-order valence-corrected chi connectivity index (χ2v) is 6.97. The molecule has 0 atom stereocenters. The molecule has 6 heteroatoms. The Labute approximate surface area is 147 Å². The molecule has 1 aliphatic heterocycles. The van der Waals surface area contributed by atoms with Gasteiger partial charge in [0.1, 0.15) is 11.9 Å². The zero-order chi connectivity index (χ0) is 17.2. The van der Waals surface area contributed by atoms with E-state index in [1.807, 2.05) is 24.3 Å². The third-order valence-corrected chi connectivity index (χ3v) is 5.34. The minimum Gasteiger partial charge on any atom is -0.490 e. The number of hydrogen-bond donors (Lipinski definition) is 1. The molecular weight excluding hydrogens is 316 g/mol. The number of piperidine rings is 1. The van der Waals surface area contributed by atoms with Crippen molar-refractivity contribution in [2.24, 2.45) is 5.73 Å². The lowest BCUT2D eigenvalue weighted by molar-refractivity contribution is 0.0493. The Morgan fingerprint density at radius 3 is 2.40 bits per heavy atom. The van der Waals surface area contributed by atoms with E-state index in [4.69, 9.17) is 10.5 Å². The second kappa shape index (κ2) is 6.88. The maximum Gasteiger partial charge on any atom is 0.251 e. The van der Waals surface area contributed by atoms with Crippen molar-refractivity contribution in [2.45, 2.75) is 44.2 Å². The van der Waals surface area contributed by atoms with Crippen molar-refractivity contribution in [1.29, 1.82) is 0 Å². The van der Waals surface area contributed by atoms with E-state index < -0.39 is 5.91 Å². The van der Waals surface area contributed by atoms with Crippen LogP contribution in [0.5, 0.6) is 5.75 Å². The summed E-state index contributed by atoms with van der Waals surface area (Å²) in [6.45, 7) is 2.30. The number of carbonyl (C=O) groups excluding carboxylic acids is 1. The van der Waals surface area contributed by atoms with Crippen LogP contribution in [-0.4, -0.2) is 45.8 Å². The number of hydrogen-bond acceptors (Lipinski definition) is 4. The fourth-order valence-electron chi connectivity index (χ4n) is 3.57. The Bertz CT molecular complexity index is 728. The number of aromatic nitrogens is 2. The molecule has 1 saturated carbocycles. The standard InChI is InChI=1S/C19H24N4O2/c20-19(24)14-12-21-23(13-14)16-4-6-17(7-5-16)25-18-8-10-22(11-9-18)15-2-1-3-15/h4-7,12-13,15,18H,1-3,8-11H2,(H2,20,24). The van der Waals surface area contributed by atoms with E-state index >= 15 is 0 Å². The minimum absolute atomic E-state index is 0.299. The first-order chi connectivity index (χ1) is 12.2. The molecule has 0 radical (unpaired) electrons. The lowest BCUT2D eigenvalue weighted by Crippen LogP contribution is -2.46. The highest BCUT2D eigenvalue weighted by Crippen LogP contribution is 2.28. The van der Waals surface area contributed by atoms with Gasteiger partial charge in [-0.05, 0) is 49.9 Å². The van der Waals surface area contributed by atoms with E-state index in [1.54, 1.807) is 10.9 Å². The van der Waals surface area contributed by atoms with E-state index in [0.29, 0.717) is 11.7 Å². The van der Waals surface area contributed by atoms with Gasteiger partial charge in [0.15, 0.2) is 0 Å². The summed E-state index contributed by atoms with van der Waals surface area (Å²) in [6.07, 6.45) is 9.74. The van der Waals surface area contributed by atoms with Crippen molar-refractivity contribution in [2.75, 3.05) is 13.1 Å². The number of amides is 1. The van der Waals surface area contributed by atoms with Crippen LogP contribution >= 0.6 is 0 Å². The van der Waals surface area contributed by atoms with Gasteiger partial charge in [0, 0.05) is 25.3 Å². The molecular formula is C19H24N4O2. The zero-order valence-corrected chi connectivity index (χ0v) is 14.3. The Balaban J connectivity index is 1.33. The second-order valence-electron chi connectivity index (χ2n) is 6.97. The number of likely N-dealkylation sites (tertiary alicyclic amines) is 1. The topological polar surface area (TPSA) is 73.4 Å². The van der Waals surface area contributed by atoms with Crippen molar-refractivity contribution < 1.29 is 9.53 Å². The maximum absolute atomic E-state index is 11.2. The molecule has 2 N–H and O–H groups in total. The van der Waals surface area contributed by atoms with E-state index in [0.717, 1.165) is 43.4 Å². The predicted octanol–water partition coefficient (Wildman–Crippen LogP) is 2.37. The van der Waals surface area contributed by atoms with Gasteiger partial charge in [0.05, 0.1) is 17.4 Å². The van der Waals surface area contributed by atoms with Crippen LogP contribution in [0.15, 0.2) is 36.7 Å². The molecule has 1 aromatic carbocycles. The van der Waals surface area contributed by atoms with Crippen molar-refractivity contribution in [3.8, 4) is 11.4 Å². The van der Waals surface area contributed by atoms with Gasteiger partial charge in [-0.15, -0.1) is 0 Å². The minimum atomic E-state index is -0.473. The lowest BCUT2D eigenvalue weighted by Gasteiger charge is -2.41. The third kappa shape index (κ3) is 3.54. The van der Waals surface area contributed by atoms with Gasteiger partial charge in [0.25, 0.3) is 5.91 Å². The van der Waals surface area contributed by atoms with Gasteiger partial charge in [-0.25, -0.2) is 4.68 Å². The fraction of sp³-hybridized carbons (Fsp3) is 0.474. The molecule has 2 aliphatic rings. The molecule has 6 nitrogen and oxygen atoms in total. The van der Waals surface area contributed by atoms with Gasteiger partial charge in [-0.2, -0.15) is 5.10 Å². The number of ether oxygens (including phenoxy) is 1. The number of rotatable bonds is 5. The van der Waals surface area contributed by atoms with Crippen LogP contribution in [0.4, 0.5) is 0 Å². The molecule has 2 aromatic rings. The fourth-order valence-corrected chi connectivity index (χ4v) is 3.57. The summed E-state index contributed by atoms with van der Waals surface area (Å²) >= 11 is 0. The van der Waals surface area contributed by atoms with Gasteiger partial charge in [0.2, 0.25) is 0 Å². The van der Waals surface area contributed by atoms with Crippen LogP contribution in [-0.2, 0) is 0 Å². The Morgan fingerprint density at radius 2 is 1.84 bits per heavy atom. The zero-order valence-electron chi connectivity index (χ0n) is 14.3. The Hall–Kier alpha value is -2.34. The highest BCUT2D eigenvalue weighted by molar-refractivity contribution is 5.92. The molecule has 1 amide bonds. The SMILES string of the molecule is NC(=O)c1cnn(-c2ccc(OC3CCN(C4CCC4)CC3)cc2)c1. The highest BCUT2D eigenvalue weighted by Gasteiger charge is 2.29. The summed E-state index contributed by atoms with van der Waals surface area (Å²) in [4.78, 5) is 13.8. The highest BCUT2D eigenvalue weighted by atomic mass is 16.5. The summed E-state index contributed by atoms with van der Waals surface area (Å²) in [6, 6.07) is 8.63. The summed E-state index contributed by atoms with van der Waals surface area (Å²) in [7, 11) is 0. The van der Waals surface area contributed by atoms with E-state index in [9.17, 15) is 4.79 Å². The van der Waals surface area contributed by atoms with Gasteiger partial charge in [-0.3, -0.25) is 4.79 Å². The molecule has 0 unspecified atom stereocenters. The summed E-state index contributed by atoms with van der Waals surface area (Å²) < 4.78 is 7.78. The van der Waals surface area contributed by atoms with Crippen molar-refractivity contribution in [3.63, 3.8) is 0 Å². The van der Waals surface area contributed by atoms with Gasteiger partial charge in [-0.1, -0.05) is 6.42 Å². The average molecular weight is 340 g/mol. The van der Waals surface area contributed by atoms with Gasteiger partial charge < -0.3 is 15.4 Å². The first-order valence-electron chi connectivity index (χ1n) is 9.04. The third-order valence-electron chi connectivity index (χ3n) is 5.34. The van der Waals surface area contributed by atoms with Crippen LogP contribution in [0, 0.1) is 0 Å². The largest absolute Gasteiger partial charge is 0.490 e. The van der Waals surface area contributed by atoms with Crippen LogP contribution < -0.4 is 10.5 Å². The first-order valence-corrected chi connectivity index (χ1v) is 9.04. The number of nitrogens with two attached hydrogens (primary N) is 1. The normalized spacial score (nSPS) is 19.5. The van der Waals surface area contributed by atoms with Gasteiger partial charge >= 0.3 is 0 Å². The molecule has 0 spiro atoms. The van der Waals surface area contributed by atoms with Crippen LogP contribution in [0.2, 0.25) is 0 Å². The molecule has 4 rings (SSSR count). The molecule has 132 valence electrons. The summed E-state index contributed by atoms with van der Waals surface area (Å²) in [5, 5.41) is 4.16. The Morgan fingerprint density at radius 1 is 1.12 bits per heavy atom. The quantitative estimate of drug-likeness (QED) is 0.907. The predicted molar refractivity (Wildman–Crippen MR) is 94.9 cm³/mol. The number of primary amides is 1. The van der Waals surface area contributed by atoms with Crippen molar-refractivity contribution >= 4 is 5.91 Å². The number of carbonyl (C=O) groups is 1. The van der Waals surface area contributed by atoms with Crippen LogP contribution in [0.25, 0.3) is 5.69 Å². The number of nitrogens with zero attached hydrogens (tertiary/aromatic N) is 3. The van der Waals surface area contributed by atoms with E-state index in [-0.39, 0.29) is 0 Å². The average Bonchev–Trinajstić information content (AvgIpc) is 3.06. The molecule has 0 bridgehead atoms. The molecule has 25 heavy (non-hydrogen) atoms. The van der Waals surface area contributed by atoms with E-state index in [1.165, 1.54) is 25.5 Å². The van der Waals surface area contributed by atoms with Crippen LogP contribution in [0.1, 0.15) is 42.5 Å². The smallest absolute Gasteiger partial charge is 0.251 e. The van der Waals surface area contributed by atoms with Crippen molar-refractivity contribution in [3.05, 3.63) is 42.2 Å². The molecule has 2 fully saturated rings. The van der Waals surface area contributed by atoms with E-state index in [2.05, 4.69) is 10.00 Å². The Kier molecular flexibility index (Phi) is 4.44. The molecule has 1 saturated heterocycles. The summed E-state index contributed by atoms with van der Waals surface area (Å²) in [5.41, 5.74) is 6.53. The first kappa shape index (κ1) is 16.1. The maximum atomic E-state index is 11.2. The molecule has 2 heterocycles. The molecule has 1 aromatic heterocycles. The van der Waals surface area contributed by atoms with Crippen LogP contribution in [0.3, 0.4) is 0 Å².